The van der Waals surface area contributed by atoms with Gasteiger partial charge in [-0.25, -0.2) is 0 Å². The Morgan fingerprint density at radius 2 is 2.00 bits per heavy atom. The van der Waals surface area contributed by atoms with Crippen molar-refractivity contribution in [2.75, 3.05) is 6.79 Å². The lowest BCUT2D eigenvalue weighted by molar-refractivity contribution is 0.104. The molecule has 0 atom stereocenters. The molecule has 1 aliphatic heterocycles. The SMILES string of the molecule is Cc1ccc(O)c(C/C=C\C(=O)c2ccc3c(c2)OCO3)c1. The maximum Gasteiger partial charge on any atom is 0.231 e. The van der Waals surface area contributed by atoms with E-state index < -0.39 is 0 Å². The number of carbonyl (C=O) groups excluding carboxylic acids is 1. The van der Waals surface area contributed by atoms with Gasteiger partial charge < -0.3 is 14.6 Å². The zero-order valence-corrected chi connectivity index (χ0v) is 12.2. The fourth-order valence-corrected chi connectivity index (χ4v) is 2.32. The zero-order chi connectivity index (χ0) is 15.5. The van der Waals surface area contributed by atoms with Gasteiger partial charge in [0.25, 0.3) is 0 Å². The van der Waals surface area contributed by atoms with Crippen LogP contribution in [-0.2, 0) is 6.42 Å². The van der Waals surface area contributed by atoms with Gasteiger partial charge in [0.05, 0.1) is 0 Å². The largest absolute Gasteiger partial charge is 0.508 e. The minimum absolute atomic E-state index is 0.106. The summed E-state index contributed by atoms with van der Waals surface area (Å²) in [4.78, 5) is 12.1. The van der Waals surface area contributed by atoms with Crippen LogP contribution in [0, 0.1) is 6.92 Å². The van der Waals surface area contributed by atoms with Gasteiger partial charge >= 0.3 is 0 Å². The van der Waals surface area contributed by atoms with E-state index in [0.717, 1.165) is 11.1 Å². The van der Waals surface area contributed by atoms with E-state index in [2.05, 4.69) is 0 Å². The smallest absolute Gasteiger partial charge is 0.231 e. The Balaban J connectivity index is 1.70. The van der Waals surface area contributed by atoms with Crippen LogP contribution in [0.1, 0.15) is 21.5 Å². The summed E-state index contributed by atoms with van der Waals surface area (Å²) in [6.45, 7) is 2.15. The molecule has 0 fully saturated rings. The lowest BCUT2D eigenvalue weighted by Crippen LogP contribution is -1.95. The molecule has 1 heterocycles. The molecule has 4 nitrogen and oxygen atoms in total. The molecule has 0 bridgehead atoms. The Morgan fingerprint density at radius 1 is 1.18 bits per heavy atom. The topological polar surface area (TPSA) is 55.8 Å². The highest BCUT2D eigenvalue weighted by molar-refractivity contribution is 6.04. The van der Waals surface area contributed by atoms with Gasteiger partial charge in [-0.1, -0.05) is 23.8 Å². The van der Waals surface area contributed by atoms with E-state index >= 15 is 0 Å². The van der Waals surface area contributed by atoms with Gasteiger partial charge in [0.2, 0.25) is 6.79 Å². The Bertz CT molecular complexity index is 747. The van der Waals surface area contributed by atoms with Crippen LogP contribution in [0.5, 0.6) is 17.2 Å². The number of aryl methyl sites for hydroxylation is 1. The van der Waals surface area contributed by atoms with Crippen molar-refractivity contribution in [3.8, 4) is 17.2 Å². The molecular formula is C18H16O4. The Kier molecular flexibility index (Phi) is 3.83. The Labute approximate surface area is 128 Å². The van der Waals surface area contributed by atoms with E-state index in [1.54, 1.807) is 30.3 Å². The van der Waals surface area contributed by atoms with E-state index in [0.29, 0.717) is 23.5 Å². The average Bonchev–Trinajstić information content (AvgIpc) is 2.98. The lowest BCUT2D eigenvalue weighted by Gasteiger charge is -2.02. The van der Waals surface area contributed by atoms with Crippen molar-refractivity contribution in [1.29, 1.82) is 0 Å². The van der Waals surface area contributed by atoms with E-state index in [1.807, 2.05) is 19.1 Å². The molecule has 0 radical (unpaired) electrons. The van der Waals surface area contributed by atoms with Crippen molar-refractivity contribution >= 4 is 5.78 Å². The van der Waals surface area contributed by atoms with Gasteiger partial charge in [-0.3, -0.25) is 4.79 Å². The maximum atomic E-state index is 12.1. The summed E-state index contributed by atoms with van der Waals surface area (Å²) in [5.74, 6) is 1.39. The number of rotatable bonds is 4. The molecule has 3 rings (SSSR count). The van der Waals surface area contributed by atoms with Crippen molar-refractivity contribution in [3.05, 3.63) is 65.2 Å². The number of benzene rings is 2. The van der Waals surface area contributed by atoms with E-state index in [-0.39, 0.29) is 18.3 Å². The predicted molar refractivity (Wildman–Crippen MR) is 82.6 cm³/mol. The summed E-state index contributed by atoms with van der Waals surface area (Å²) in [5.41, 5.74) is 2.42. The lowest BCUT2D eigenvalue weighted by atomic mass is 10.1. The number of carbonyl (C=O) groups is 1. The third-order valence-electron chi connectivity index (χ3n) is 3.50. The fourth-order valence-electron chi connectivity index (χ4n) is 2.32. The fraction of sp³-hybridized carbons (Fsp3) is 0.167. The number of ketones is 1. The number of phenols is 1. The molecule has 0 saturated heterocycles. The number of phenolic OH excluding ortho intramolecular Hbond substituents is 1. The molecule has 22 heavy (non-hydrogen) atoms. The van der Waals surface area contributed by atoms with E-state index in [1.165, 1.54) is 6.08 Å². The van der Waals surface area contributed by atoms with Gasteiger partial charge in [0.1, 0.15) is 5.75 Å². The molecule has 112 valence electrons. The number of fused-ring (bicyclic) bond motifs is 1. The first kappa shape index (κ1) is 14.2. The molecule has 2 aromatic rings. The minimum Gasteiger partial charge on any atom is -0.508 e. The molecule has 0 amide bonds. The summed E-state index contributed by atoms with van der Waals surface area (Å²) >= 11 is 0. The number of ether oxygens (including phenoxy) is 2. The van der Waals surface area contributed by atoms with Gasteiger partial charge in [0.15, 0.2) is 17.3 Å². The third kappa shape index (κ3) is 2.96. The Morgan fingerprint density at radius 3 is 2.86 bits per heavy atom. The summed E-state index contributed by atoms with van der Waals surface area (Å²) < 4.78 is 10.5. The minimum atomic E-state index is -0.106. The van der Waals surface area contributed by atoms with Gasteiger partial charge in [-0.15, -0.1) is 0 Å². The molecule has 2 aromatic carbocycles. The zero-order valence-electron chi connectivity index (χ0n) is 12.2. The second-order valence-electron chi connectivity index (χ2n) is 5.17. The highest BCUT2D eigenvalue weighted by Crippen LogP contribution is 2.32. The number of hydrogen-bond donors (Lipinski definition) is 1. The monoisotopic (exact) mass is 296 g/mol. The normalized spacial score (nSPS) is 12.8. The van der Waals surface area contributed by atoms with Crippen molar-refractivity contribution in [3.63, 3.8) is 0 Å². The standard InChI is InChI=1S/C18H16O4/c1-12-5-7-16(20)13(9-12)3-2-4-15(19)14-6-8-17-18(10-14)22-11-21-17/h2,4-10,20H,3,11H2,1H3/b4-2-. The number of hydrogen-bond acceptors (Lipinski definition) is 4. The molecule has 0 unspecified atom stereocenters. The predicted octanol–water partition coefficient (Wildman–Crippen LogP) is 3.41. The van der Waals surface area contributed by atoms with Crippen molar-refractivity contribution in [2.45, 2.75) is 13.3 Å². The van der Waals surface area contributed by atoms with Crippen LogP contribution in [0.2, 0.25) is 0 Å². The quantitative estimate of drug-likeness (QED) is 0.694. The molecular weight excluding hydrogens is 280 g/mol. The first-order valence-electron chi connectivity index (χ1n) is 7.02. The van der Waals surface area contributed by atoms with Gasteiger partial charge in [-0.2, -0.15) is 0 Å². The molecule has 0 aromatic heterocycles. The van der Waals surface area contributed by atoms with E-state index in [9.17, 15) is 9.90 Å². The molecule has 0 aliphatic carbocycles. The third-order valence-corrected chi connectivity index (χ3v) is 3.50. The highest BCUT2D eigenvalue weighted by Gasteiger charge is 2.15. The molecule has 0 spiro atoms. The summed E-state index contributed by atoms with van der Waals surface area (Å²) in [5, 5.41) is 9.77. The second-order valence-corrected chi connectivity index (χ2v) is 5.17. The van der Waals surface area contributed by atoms with Crippen molar-refractivity contribution in [2.24, 2.45) is 0 Å². The highest BCUT2D eigenvalue weighted by atomic mass is 16.7. The van der Waals surface area contributed by atoms with Crippen LogP contribution in [0.3, 0.4) is 0 Å². The molecule has 1 N–H and O–H groups in total. The second kappa shape index (κ2) is 5.93. The molecule has 0 saturated carbocycles. The molecule has 4 heteroatoms. The summed E-state index contributed by atoms with van der Waals surface area (Å²) in [7, 11) is 0. The van der Waals surface area contributed by atoms with E-state index in [4.69, 9.17) is 9.47 Å². The number of aromatic hydroxyl groups is 1. The van der Waals surface area contributed by atoms with Crippen LogP contribution in [-0.4, -0.2) is 17.7 Å². The number of allylic oxidation sites excluding steroid dienone is 2. The van der Waals surface area contributed by atoms with Gasteiger partial charge in [0, 0.05) is 5.56 Å². The first-order valence-corrected chi connectivity index (χ1v) is 7.02. The Hall–Kier alpha value is -2.75. The van der Waals surface area contributed by atoms with Crippen LogP contribution >= 0.6 is 0 Å². The maximum absolute atomic E-state index is 12.1. The van der Waals surface area contributed by atoms with Crippen LogP contribution in [0.15, 0.2) is 48.6 Å². The van der Waals surface area contributed by atoms with Crippen LogP contribution in [0.25, 0.3) is 0 Å². The van der Waals surface area contributed by atoms with Crippen molar-refractivity contribution < 1.29 is 19.4 Å². The van der Waals surface area contributed by atoms with Gasteiger partial charge in [-0.05, 0) is 49.2 Å². The summed E-state index contributed by atoms with van der Waals surface area (Å²) in [6.07, 6.45) is 3.77. The summed E-state index contributed by atoms with van der Waals surface area (Å²) in [6, 6.07) is 10.5. The van der Waals surface area contributed by atoms with Crippen molar-refractivity contribution in [1.82, 2.24) is 0 Å². The average molecular weight is 296 g/mol. The van der Waals surface area contributed by atoms with Crippen LogP contribution < -0.4 is 9.47 Å². The molecule has 1 aliphatic rings. The van der Waals surface area contributed by atoms with Crippen LogP contribution in [0.4, 0.5) is 0 Å². The first-order chi connectivity index (χ1) is 10.6.